The van der Waals surface area contributed by atoms with E-state index >= 15 is 0 Å². The summed E-state index contributed by atoms with van der Waals surface area (Å²) in [7, 11) is 2.02. The second-order valence-corrected chi connectivity index (χ2v) is 8.05. The van der Waals surface area contributed by atoms with Gasteiger partial charge in [-0.2, -0.15) is 0 Å². The zero-order valence-electron chi connectivity index (χ0n) is 15.8. The number of amides is 1. The lowest BCUT2D eigenvalue weighted by molar-refractivity contribution is -0.0587. The Hall–Kier alpha value is -2.16. The average molecular weight is 388 g/mol. The zero-order valence-corrected chi connectivity index (χ0v) is 16.6. The molecule has 7 nitrogen and oxygen atoms in total. The van der Waals surface area contributed by atoms with Crippen molar-refractivity contribution in [2.24, 2.45) is 0 Å². The van der Waals surface area contributed by atoms with Gasteiger partial charge in [0, 0.05) is 31.2 Å². The number of fused-ring (bicyclic) bond motifs is 1. The fourth-order valence-corrected chi connectivity index (χ4v) is 4.36. The van der Waals surface area contributed by atoms with Crippen LogP contribution in [0.1, 0.15) is 35.8 Å². The number of morpholine rings is 1. The molecule has 3 aromatic rings. The van der Waals surface area contributed by atoms with E-state index in [1.54, 1.807) is 6.26 Å². The minimum Gasteiger partial charge on any atom is -0.468 e. The average Bonchev–Trinajstić information content (AvgIpc) is 3.32. The maximum absolute atomic E-state index is 13.2. The van der Waals surface area contributed by atoms with Crippen LogP contribution in [0.3, 0.4) is 0 Å². The van der Waals surface area contributed by atoms with E-state index in [4.69, 9.17) is 9.15 Å². The number of carbonyl (C=O) groups is 1. The van der Waals surface area contributed by atoms with Crippen LogP contribution in [-0.4, -0.2) is 57.4 Å². The maximum atomic E-state index is 13.2. The molecule has 0 unspecified atom stereocenters. The topological polar surface area (TPSA) is 63.2 Å². The summed E-state index contributed by atoms with van der Waals surface area (Å²) in [5.41, 5.74) is 1.45. The van der Waals surface area contributed by atoms with Crippen LogP contribution in [0.15, 0.2) is 34.4 Å². The Bertz CT molecular complexity index is 907. The lowest BCUT2D eigenvalue weighted by Crippen LogP contribution is -2.48. The Morgan fingerprint density at radius 2 is 2.11 bits per heavy atom. The predicted molar refractivity (Wildman–Crippen MR) is 103 cm³/mol. The van der Waals surface area contributed by atoms with Gasteiger partial charge in [-0.15, -0.1) is 11.3 Å². The number of carbonyl (C=O) groups excluding carboxylic acids is 1. The normalized spacial score (nSPS) is 20.7. The molecule has 0 aliphatic carbocycles. The molecular weight excluding hydrogens is 364 g/mol. The summed E-state index contributed by atoms with van der Waals surface area (Å²) in [5, 5.41) is 1.99. The highest BCUT2D eigenvalue weighted by atomic mass is 32.1. The number of furan rings is 1. The van der Waals surface area contributed by atoms with Crippen molar-refractivity contribution >= 4 is 22.2 Å². The SMILES string of the molecule is C[C@@H]1CN(C(=O)c2nc3sccn3c2CN(C)Cc2ccco2)C[C@H](C)O1. The van der Waals surface area contributed by atoms with E-state index in [0.717, 1.165) is 16.4 Å². The van der Waals surface area contributed by atoms with Gasteiger partial charge in [-0.1, -0.05) is 0 Å². The number of hydrogen-bond donors (Lipinski definition) is 0. The molecule has 4 rings (SSSR count). The standard InChI is InChI=1S/C19H24N4O3S/c1-13-9-22(10-14(2)26-13)18(24)17-16(23-6-8-27-19(23)20-17)12-21(3)11-15-5-4-7-25-15/h4-8,13-14H,9-12H2,1-3H3/t13-,14+. The molecule has 1 amide bonds. The van der Waals surface area contributed by atoms with E-state index < -0.39 is 0 Å². The highest BCUT2D eigenvalue weighted by Gasteiger charge is 2.30. The molecule has 0 saturated carbocycles. The van der Waals surface area contributed by atoms with Gasteiger partial charge in [0.25, 0.3) is 5.91 Å². The van der Waals surface area contributed by atoms with Gasteiger partial charge < -0.3 is 14.1 Å². The van der Waals surface area contributed by atoms with Crippen LogP contribution in [0.5, 0.6) is 0 Å². The largest absolute Gasteiger partial charge is 0.468 e. The second kappa shape index (κ2) is 7.46. The van der Waals surface area contributed by atoms with Crippen molar-refractivity contribution in [2.45, 2.75) is 39.1 Å². The highest BCUT2D eigenvalue weighted by molar-refractivity contribution is 7.15. The van der Waals surface area contributed by atoms with Crippen LogP contribution in [0.2, 0.25) is 0 Å². The van der Waals surface area contributed by atoms with Gasteiger partial charge in [0.05, 0.1) is 30.7 Å². The number of imidazole rings is 1. The third-order valence-electron chi connectivity index (χ3n) is 4.70. The predicted octanol–water partition coefficient (Wildman–Crippen LogP) is 2.87. The van der Waals surface area contributed by atoms with Gasteiger partial charge in [-0.3, -0.25) is 14.1 Å². The van der Waals surface area contributed by atoms with Gasteiger partial charge >= 0.3 is 0 Å². The molecule has 0 spiro atoms. The van der Waals surface area contributed by atoms with Crippen molar-refractivity contribution in [3.05, 3.63) is 47.1 Å². The summed E-state index contributed by atoms with van der Waals surface area (Å²) in [6.45, 7) is 6.46. The number of ether oxygens (including phenoxy) is 1. The quantitative estimate of drug-likeness (QED) is 0.673. The monoisotopic (exact) mass is 388 g/mol. The van der Waals surface area contributed by atoms with E-state index in [0.29, 0.717) is 31.9 Å². The van der Waals surface area contributed by atoms with E-state index in [9.17, 15) is 4.79 Å². The molecule has 144 valence electrons. The molecule has 1 fully saturated rings. The molecule has 1 saturated heterocycles. The van der Waals surface area contributed by atoms with Crippen LogP contribution < -0.4 is 0 Å². The molecule has 27 heavy (non-hydrogen) atoms. The first-order chi connectivity index (χ1) is 13.0. The Kier molecular flexibility index (Phi) is 5.03. The molecular formula is C19H24N4O3S. The van der Waals surface area contributed by atoms with Crippen molar-refractivity contribution in [3.8, 4) is 0 Å². The van der Waals surface area contributed by atoms with Gasteiger partial charge in [-0.25, -0.2) is 4.98 Å². The zero-order chi connectivity index (χ0) is 19.0. The Morgan fingerprint density at radius 1 is 1.33 bits per heavy atom. The minimum absolute atomic E-state index is 0.0192. The van der Waals surface area contributed by atoms with Gasteiger partial charge in [0.1, 0.15) is 5.76 Å². The van der Waals surface area contributed by atoms with Crippen molar-refractivity contribution in [1.82, 2.24) is 19.2 Å². The number of aromatic nitrogens is 2. The molecule has 0 N–H and O–H groups in total. The Labute approximate surface area is 162 Å². The third kappa shape index (κ3) is 3.78. The Balaban J connectivity index is 1.60. The van der Waals surface area contributed by atoms with E-state index in [1.807, 2.05) is 53.9 Å². The van der Waals surface area contributed by atoms with Crippen LogP contribution in [0, 0.1) is 0 Å². The summed E-state index contributed by atoms with van der Waals surface area (Å²) < 4.78 is 13.2. The summed E-state index contributed by atoms with van der Waals surface area (Å²) in [6.07, 6.45) is 3.72. The van der Waals surface area contributed by atoms with Crippen molar-refractivity contribution < 1.29 is 13.9 Å². The minimum atomic E-state index is -0.0192. The molecule has 1 aliphatic heterocycles. The van der Waals surface area contributed by atoms with E-state index in [2.05, 4.69) is 9.88 Å². The van der Waals surface area contributed by atoms with Crippen LogP contribution in [0.25, 0.3) is 4.96 Å². The number of rotatable bonds is 5. The summed E-state index contributed by atoms with van der Waals surface area (Å²) >= 11 is 1.54. The highest BCUT2D eigenvalue weighted by Crippen LogP contribution is 2.22. The van der Waals surface area contributed by atoms with Crippen LogP contribution >= 0.6 is 11.3 Å². The van der Waals surface area contributed by atoms with Crippen LogP contribution in [0.4, 0.5) is 0 Å². The number of nitrogens with zero attached hydrogens (tertiary/aromatic N) is 4. The molecule has 3 aromatic heterocycles. The molecule has 0 bridgehead atoms. The lowest BCUT2D eigenvalue weighted by Gasteiger charge is -2.35. The van der Waals surface area contributed by atoms with Crippen molar-refractivity contribution in [2.75, 3.05) is 20.1 Å². The molecule has 8 heteroatoms. The Morgan fingerprint density at radius 3 is 2.81 bits per heavy atom. The third-order valence-corrected chi connectivity index (χ3v) is 5.45. The summed E-state index contributed by atoms with van der Waals surface area (Å²) in [5.74, 6) is 0.876. The van der Waals surface area contributed by atoms with Gasteiger partial charge in [0.15, 0.2) is 10.7 Å². The first-order valence-electron chi connectivity index (χ1n) is 9.11. The fourth-order valence-electron chi connectivity index (χ4n) is 3.63. The number of hydrogen-bond acceptors (Lipinski definition) is 6. The first kappa shape index (κ1) is 18.2. The second-order valence-electron chi connectivity index (χ2n) is 7.18. The van der Waals surface area contributed by atoms with Crippen molar-refractivity contribution in [3.63, 3.8) is 0 Å². The smallest absolute Gasteiger partial charge is 0.274 e. The van der Waals surface area contributed by atoms with Crippen molar-refractivity contribution in [1.29, 1.82) is 0 Å². The molecule has 4 heterocycles. The molecule has 1 aliphatic rings. The molecule has 0 aromatic carbocycles. The van der Waals surface area contributed by atoms with E-state index in [1.165, 1.54) is 11.3 Å². The van der Waals surface area contributed by atoms with Gasteiger partial charge in [0.2, 0.25) is 0 Å². The first-order valence-corrected chi connectivity index (χ1v) is 9.99. The lowest BCUT2D eigenvalue weighted by atomic mass is 10.2. The fraction of sp³-hybridized carbons (Fsp3) is 0.474. The summed E-state index contributed by atoms with van der Waals surface area (Å²) in [6, 6.07) is 3.84. The molecule has 0 radical (unpaired) electrons. The molecule has 2 atom stereocenters. The van der Waals surface area contributed by atoms with Crippen LogP contribution in [-0.2, 0) is 17.8 Å². The summed E-state index contributed by atoms with van der Waals surface area (Å²) in [4.78, 5) is 22.7. The van der Waals surface area contributed by atoms with E-state index in [-0.39, 0.29) is 18.1 Å². The maximum Gasteiger partial charge on any atom is 0.274 e. The van der Waals surface area contributed by atoms with Gasteiger partial charge in [-0.05, 0) is 33.0 Å². The number of thiazole rings is 1.